The average molecular weight is 419 g/mol. The fourth-order valence-corrected chi connectivity index (χ4v) is 3.52. The number of piperidine rings is 1. The highest BCUT2D eigenvalue weighted by molar-refractivity contribution is 5.85. The summed E-state index contributed by atoms with van der Waals surface area (Å²) >= 11 is 0. The molecule has 9 heteroatoms. The highest BCUT2D eigenvalue weighted by Crippen LogP contribution is 2.41. The smallest absolute Gasteiger partial charge is 0.311 e. The van der Waals surface area contributed by atoms with Crippen molar-refractivity contribution in [2.75, 3.05) is 20.3 Å². The van der Waals surface area contributed by atoms with Gasteiger partial charge < -0.3 is 14.4 Å². The molecular weight excluding hydrogens is 390 g/mol. The Morgan fingerprint density at radius 3 is 2.60 bits per heavy atom. The van der Waals surface area contributed by atoms with Crippen molar-refractivity contribution in [2.24, 2.45) is 5.92 Å². The van der Waals surface area contributed by atoms with Crippen molar-refractivity contribution < 1.29 is 28.7 Å². The predicted octanol–water partition coefficient (Wildman–Crippen LogP) is 1.49. The van der Waals surface area contributed by atoms with Crippen LogP contribution in [0, 0.1) is 5.92 Å². The zero-order valence-corrected chi connectivity index (χ0v) is 17.6. The van der Waals surface area contributed by atoms with E-state index in [0.717, 1.165) is 18.4 Å². The van der Waals surface area contributed by atoms with Gasteiger partial charge in [-0.05, 0) is 18.9 Å². The number of ether oxygens (including phenoxy) is 2. The van der Waals surface area contributed by atoms with Crippen molar-refractivity contribution in [1.82, 2.24) is 15.8 Å². The summed E-state index contributed by atoms with van der Waals surface area (Å²) in [6.45, 7) is 3.27. The molecule has 0 aromatic heterocycles. The Morgan fingerprint density at radius 2 is 1.93 bits per heavy atom. The molecule has 1 fully saturated rings. The van der Waals surface area contributed by atoms with Crippen LogP contribution in [-0.4, -0.2) is 48.9 Å². The highest BCUT2D eigenvalue weighted by atomic mass is 16.5. The molecule has 2 N–H and O–H groups in total. The number of carbonyl (C=O) groups is 4. The van der Waals surface area contributed by atoms with Gasteiger partial charge in [-0.3, -0.25) is 30.0 Å². The fourth-order valence-electron chi connectivity index (χ4n) is 3.52. The van der Waals surface area contributed by atoms with Gasteiger partial charge in [0.05, 0.1) is 19.1 Å². The number of nitrogens with zero attached hydrogens (tertiary/aromatic N) is 1. The Hall–Kier alpha value is -3.10. The summed E-state index contributed by atoms with van der Waals surface area (Å²) in [5.41, 5.74) is 5.01. The summed E-state index contributed by atoms with van der Waals surface area (Å²) in [6, 6.07) is 6.74. The number of rotatable bonds is 8. The number of hydrogen-bond donors (Lipinski definition) is 2. The van der Waals surface area contributed by atoms with Crippen LogP contribution in [0.1, 0.15) is 51.1 Å². The quantitative estimate of drug-likeness (QED) is 0.487. The number of amides is 3. The van der Waals surface area contributed by atoms with E-state index in [1.165, 1.54) is 6.92 Å². The molecule has 0 aliphatic carbocycles. The van der Waals surface area contributed by atoms with Crippen molar-refractivity contribution >= 4 is 23.7 Å². The number of methoxy groups -OCH3 is 1. The number of esters is 1. The van der Waals surface area contributed by atoms with Crippen molar-refractivity contribution in [3.63, 3.8) is 0 Å². The zero-order chi connectivity index (χ0) is 22.1. The lowest BCUT2D eigenvalue weighted by molar-refractivity contribution is -0.160. The van der Waals surface area contributed by atoms with Gasteiger partial charge in [-0.25, -0.2) is 0 Å². The first-order valence-electron chi connectivity index (χ1n) is 10.0. The normalized spacial score (nSPS) is 18.5. The van der Waals surface area contributed by atoms with Gasteiger partial charge in [0.1, 0.15) is 5.75 Å². The van der Waals surface area contributed by atoms with Gasteiger partial charge in [-0.1, -0.05) is 31.5 Å². The fraction of sp³-hybridized carbons (Fsp3) is 0.524. The summed E-state index contributed by atoms with van der Waals surface area (Å²) in [5, 5.41) is 0. The first-order chi connectivity index (χ1) is 14.4. The second-order valence-electron chi connectivity index (χ2n) is 7.11. The Kier molecular flexibility index (Phi) is 8.64. The lowest BCUT2D eigenvalue weighted by atomic mass is 9.83. The van der Waals surface area contributed by atoms with E-state index in [1.807, 2.05) is 25.1 Å². The van der Waals surface area contributed by atoms with Crippen LogP contribution in [0.3, 0.4) is 0 Å². The van der Waals surface area contributed by atoms with Crippen molar-refractivity contribution in [1.29, 1.82) is 0 Å². The zero-order valence-electron chi connectivity index (χ0n) is 17.6. The third-order valence-electron chi connectivity index (χ3n) is 4.94. The lowest BCUT2D eigenvalue weighted by Gasteiger charge is -2.40. The topological polar surface area (TPSA) is 114 Å². The van der Waals surface area contributed by atoms with Gasteiger partial charge in [0.2, 0.25) is 11.8 Å². The summed E-state index contributed by atoms with van der Waals surface area (Å²) in [5.74, 6) is -1.74. The highest BCUT2D eigenvalue weighted by Gasteiger charge is 2.42. The van der Waals surface area contributed by atoms with Gasteiger partial charge in [-0.2, -0.15) is 0 Å². The number of para-hydroxylation sites is 1. The van der Waals surface area contributed by atoms with Crippen molar-refractivity contribution in [2.45, 2.75) is 45.6 Å². The Bertz CT molecular complexity index is 782. The monoisotopic (exact) mass is 419 g/mol. The molecule has 0 spiro atoms. The van der Waals surface area contributed by atoms with E-state index < -0.39 is 36.4 Å². The molecule has 164 valence electrons. The molecule has 1 heterocycles. The number of likely N-dealkylation sites (tertiary alicyclic amines) is 1. The molecular formula is C21H29N3O6. The van der Waals surface area contributed by atoms with E-state index in [-0.39, 0.29) is 12.3 Å². The van der Waals surface area contributed by atoms with E-state index in [4.69, 9.17) is 9.47 Å². The summed E-state index contributed by atoms with van der Waals surface area (Å²) in [6.07, 6.45) is 2.25. The van der Waals surface area contributed by atoms with E-state index in [2.05, 4.69) is 10.9 Å². The van der Waals surface area contributed by atoms with E-state index in [9.17, 15) is 19.2 Å². The number of hydrogen-bond acceptors (Lipinski definition) is 6. The summed E-state index contributed by atoms with van der Waals surface area (Å²) in [4.78, 5) is 49.9. The maximum Gasteiger partial charge on any atom is 0.311 e. The van der Waals surface area contributed by atoms with Crippen LogP contribution in [0.15, 0.2) is 24.3 Å². The van der Waals surface area contributed by atoms with E-state index in [0.29, 0.717) is 18.7 Å². The molecule has 0 bridgehead atoms. The molecule has 0 saturated carbocycles. The van der Waals surface area contributed by atoms with Crippen molar-refractivity contribution in [3.8, 4) is 5.75 Å². The minimum Gasteiger partial charge on any atom is -0.496 e. The lowest BCUT2D eigenvalue weighted by Crippen LogP contribution is -2.47. The molecule has 2 rings (SSSR count). The van der Waals surface area contributed by atoms with Crippen LogP contribution in [-0.2, 0) is 23.9 Å². The molecule has 1 aromatic rings. The Morgan fingerprint density at radius 1 is 1.20 bits per heavy atom. The maximum absolute atomic E-state index is 12.9. The summed E-state index contributed by atoms with van der Waals surface area (Å²) in [7, 11) is 1.54. The van der Waals surface area contributed by atoms with E-state index >= 15 is 0 Å². The largest absolute Gasteiger partial charge is 0.496 e. The van der Waals surface area contributed by atoms with Crippen molar-refractivity contribution in [3.05, 3.63) is 29.8 Å². The summed E-state index contributed by atoms with van der Waals surface area (Å²) < 4.78 is 10.7. The minimum atomic E-state index is -0.651. The molecule has 9 nitrogen and oxygen atoms in total. The van der Waals surface area contributed by atoms with Crippen LogP contribution in [0.5, 0.6) is 5.75 Å². The molecule has 0 radical (unpaired) electrons. The molecule has 1 aliphatic rings. The number of benzene rings is 1. The molecule has 3 amide bonds. The molecule has 2 atom stereocenters. The third kappa shape index (κ3) is 5.95. The number of unbranched alkanes of at least 4 members (excludes halogenated alkanes) is 1. The first kappa shape index (κ1) is 23.2. The SMILES string of the molecule is CCCCN1C(=O)CC[C@H](C(=O)OCC(=O)NNC(C)=O)[C@@H]1c1ccccc1OC. The number of nitrogens with one attached hydrogen (secondary N) is 2. The predicted molar refractivity (Wildman–Crippen MR) is 108 cm³/mol. The van der Waals surface area contributed by atoms with Gasteiger partial charge in [0, 0.05) is 25.5 Å². The second kappa shape index (κ2) is 11.2. The molecule has 30 heavy (non-hydrogen) atoms. The number of carbonyl (C=O) groups excluding carboxylic acids is 4. The molecule has 1 saturated heterocycles. The average Bonchev–Trinajstić information content (AvgIpc) is 2.74. The maximum atomic E-state index is 12.9. The Balaban J connectivity index is 2.24. The van der Waals surface area contributed by atoms with Crippen LogP contribution < -0.4 is 15.6 Å². The molecule has 1 aromatic carbocycles. The van der Waals surface area contributed by atoms with Gasteiger partial charge >= 0.3 is 5.97 Å². The second-order valence-corrected chi connectivity index (χ2v) is 7.11. The van der Waals surface area contributed by atoms with Crippen LogP contribution in [0.2, 0.25) is 0 Å². The van der Waals surface area contributed by atoms with Gasteiger partial charge in [-0.15, -0.1) is 0 Å². The third-order valence-corrected chi connectivity index (χ3v) is 4.94. The van der Waals surface area contributed by atoms with Crippen LogP contribution >= 0.6 is 0 Å². The van der Waals surface area contributed by atoms with Crippen LogP contribution in [0.4, 0.5) is 0 Å². The number of hydrazine groups is 1. The minimum absolute atomic E-state index is 0.0215. The van der Waals surface area contributed by atoms with Crippen LogP contribution in [0.25, 0.3) is 0 Å². The van der Waals surface area contributed by atoms with Gasteiger partial charge in [0.25, 0.3) is 5.91 Å². The van der Waals surface area contributed by atoms with E-state index in [1.54, 1.807) is 18.1 Å². The first-order valence-corrected chi connectivity index (χ1v) is 10.0. The Labute approximate surface area is 176 Å². The standard InChI is InChI=1S/C21H29N3O6/c1-4-5-12-24-19(27)11-10-16(20(24)15-8-6-7-9-17(15)29-3)21(28)30-13-18(26)23-22-14(2)25/h6-9,16,20H,4-5,10-13H2,1-3H3,(H,22,25)(H,23,26)/t16-,20-/m0/s1. The van der Waals surface area contributed by atoms with Gasteiger partial charge in [0.15, 0.2) is 6.61 Å². The molecule has 1 aliphatic heterocycles. The molecule has 0 unspecified atom stereocenters.